The zero-order valence-corrected chi connectivity index (χ0v) is 40.3. The van der Waals surface area contributed by atoms with Crippen molar-refractivity contribution in [2.45, 2.75) is 0 Å². The molecule has 10 aromatic carbocycles. The van der Waals surface area contributed by atoms with Crippen molar-refractivity contribution in [1.29, 1.82) is 0 Å². The highest BCUT2D eigenvalue weighted by atomic mass is 16.3. The average Bonchev–Trinajstić information content (AvgIpc) is 3.96. The SMILES string of the molecule is c1ccc2c(-c3cc(-c4cc(-c5cc(-c6cccc7ccccc67)nc(-c6cccc7ccccc67)c5)cc(-c5nc6c7cccnc7c7ncccc7c6o5)c4)cc(-c4cccc5ccccc45)n3)cccc2c1. The van der Waals surface area contributed by atoms with Crippen LogP contribution in [0.25, 0.3) is 155 Å². The molecule has 348 valence electrons. The normalized spacial score (nSPS) is 11.7. The second kappa shape index (κ2) is 17.3. The molecule has 0 aliphatic heterocycles. The van der Waals surface area contributed by atoms with Gasteiger partial charge in [-0.15, -0.1) is 0 Å². The first-order chi connectivity index (χ1) is 37.1. The van der Waals surface area contributed by atoms with Crippen molar-refractivity contribution in [3.63, 3.8) is 0 Å². The van der Waals surface area contributed by atoms with Crippen molar-refractivity contribution in [1.82, 2.24) is 24.9 Å². The molecule has 0 atom stereocenters. The number of pyridine rings is 4. The molecule has 5 heterocycles. The number of aromatic nitrogens is 5. The largest absolute Gasteiger partial charge is 0.435 e. The molecule has 15 rings (SSSR count). The Hall–Kier alpha value is -10.2. The van der Waals surface area contributed by atoms with Crippen molar-refractivity contribution in [3.8, 4) is 78.7 Å². The lowest BCUT2D eigenvalue weighted by Crippen LogP contribution is -1.95. The molecule has 0 bridgehead atoms. The number of hydrogen-bond donors (Lipinski definition) is 0. The van der Waals surface area contributed by atoms with E-state index in [-0.39, 0.29) is 0 Å². The first-order valence-corrected chi connectivity index (χ1v) is 25.2. The summed E-state index contributed by atoms with van der Waals surface area (Å²) in [5.74, 6) is 0.491. The van der Waals surface area contributed by atoms with Gasteiger partial charge in [-0.2, -0.15) is 0 Å². The van der Waals surface area contributed by atoms with E-state index in [1.165, 1.54) is 0 Å². The highest BCUT2D eigenvalue weighted by molar-refractivity contribution is 6.20. The van der Waals surface area contributed by atoms with E-state index in [1.54, 1.807) is 12.4 Å². The van der Waals surface area contributed by atoms with Gasteiger partial charge in [0, 0.05) is 51.0 Å². The molecule has 6 nitrogen and oxygen atoms in total. The summed E-state index contributed by atoms with van der Waals surface area (Å²) in [4.78, 5) is 26.0. The van der Waals surface area contributed by atoms with E-state index in [2.05, 4.69) is 212 Å². The minimum Gasteiger partial charge on any atom is -0.435 e. The van der Waals surface area contributed by atoms with Crippen LogP contribution in [0.2, 0.25) is 0 Å². The predicted molar refractivity (Wildman–Crippen MR) is 308 cm³/mol. The minimum absolute atomic E-state index is 0.491. The fourth-order valence-corrected chi connectivity index (χ4v) is 11.2. The Labute approximate surface area is 430 Å². The number of fused-ring (bicyclic) bond motifs is 10. The first kappa shape index (κ1) is 42.5. The van der Waals surface area contributed by atoms with Crippen molar-refractivity contribution < 1.29 is 4.42 Å². The Kier molecular flexibility index (Phi) is 9.78. The van der Waals surface area contributed by atoms with E-state index in [0.717, 1.165) is 143 Å². The van der Waals surface area contributed by atoms with Gasteiger partial charge < -0.3 is 4.42 Å². The maximum atomic E-state index is 7.02. The average molecular weight is 956 g/mol. The molecular formula is C69H41N5O. The van der Waals surface area contributed by atoms with Crippen LogP contribution in [-0.4, -0.2) is 24.9 Å². The molecule has 0 spiro atoms. The molecule has 6 heteroatoms. The topological polar surface area (TPSA) is 77.6 Å². The van der Waals surface area contributed by atoms with Crippen LogP contribution in [0.5, 0.6) is 0 Å². The third kappa shape index (κ3) is 7.22. The van der Waals surface area contributed by atoms with Crippen LogP contribution in [0, 0.1) is 0 Å². The zero-order valence-electron chi connectivity index (χ0n) is 40.3. The Morgan fingerprint density at radius 2 is 0.587 bits per heavy atom. The Morgan fingerprint density at radius 3 is 1.01 bits per heavy atom. The molecule has 0 amide bonds. The lowest BCUT2D eigenvalue weighted by Gasteiger charge is -2.16. The minimum atomic E-state index is 0.491. The van der Waals surface area contributed by atoms with Gasteiger partial charge in [0.15, 0.2) is 5.58 Å². The summed E-state index contributed by atoms with van der Waals surface area (Å²) in [6, 6.07) is 83.7. The molecule has 0 radical (unpaired) electrons. The molecule has 0 aliphatic carbocycles. The molecule has 0 unspecified atom stereocenters. The Morgan fingerprint density at radius 1 is 0.253 bits per heavy atom. The van der Waals surface area contributed by atoms with Gasteiger partial charge in [-0.1, -0.05) is 170 Å². The number of nitrogens with zero attached hydrogens (tertiary/aromatic N) is 5. The molecule has 0 saturated carbocycles. The first-order valence-electron chi connectivity index (χ1n) is 25.2. The molecule has 5 aromatic heterocycles. The van der Waals surface area contributed by atoms with Crippen LogP contribution in [0.15, 0.2) is 253 Å². The summed E-state index contributed by atoms with van der Waals surface area (Å²) in [5, 5.41) is 10.9. The lowest BCUT2D eigenvalue weighted by molar-refractivity contribution is 0.623. The summed E-state index contributed by atoms with van der Waals surface area (Å²) in [6.45, 7) is 0. The van der Waals surface area contributed by atoms with E-state index in [1.807, 2.05) is 24.3 Å². The van der Waals surface area contributed by atoms with E-state index >= 15 is 0 Å². The maximum Gasteiger partial charge on any atom is 0.227 e. The number of rotatable bonds is 7. The van der Waals surface area contributed by atoms with Gasteiger partial charge in [0.05, 0.1) is 28.3 Å². The smallest absolute Gasteiger partial charge is 0.227 e. The second-order valence-corrected chi connectivity index (χ2v) is 19.2. The molecule has 75 heavy (non-hydrogen) atoms. The van der Waals surface area contributed by atoms with E-state index in [0.29, 0.717) is 11.5 Å². The standard InChI is InChI=1S/C69H41N5O/c1-5-23-51-42(15-1)19-9-27-55(51)61-38-48(39-62(72-61)56-28-10-20-43-16-2-6-24-52(43)56)46-35-47(37-50(36-46)69-74-67-59-31-13-33-70-65(59)66-60(68(67)75-69)32-14-34-71-66)49-40-63(57-29-11-21-44-17-3-7-25-53(44)57)73-64(41-49)58-30-12-22-45-18-4-8-26-54(45)58/h1-41H. The number of oxazole rings is 1. The van der Waals surface area contributed by atoms with Crippen LogP contribution >= 0.6 is 0 Å². The lowest BCUT2D eigenvalue weighted by atomic mass is 9.91. The Bertz CT molecular complexity index is 4290. The highest BCUT2D eigenvalue weighted by Gasteiger charge is 2.21. The van der Waals surface area contributed by atoms with Crippen LogP contribution in [-0.2, 0) is 0 Å². The summed E-state index contributed by atoms with van der Waals surface area (Å²) < 4.78 is 7.02. The van der Waals surface area contributed by atoms with E-state index in [4.69, 9.17) is 29.3 Å². The van der Waals surface area contributed by atoms with Crippen LogP contribution in [0.1, 0.15) is 0 Å². The number of benzene rings is 10. The van der Waals surface area contributed by atoms with Gasteiger partial charge in [0.25, 0.3) is 0 Å². The molecule has 15 aromatic rings. The highest BCUT2D eigenvalue weighted by Crippen LogP contribution is 2.43. The van der Waals surface area contributed by atoms with Gasteiger partial charge >= 0.3 is 0 Å². The maximum absolute atomic E-state index is 7.02. The molecule has 0 N–H and O–H groups in total. The van der Waals surface area contributed by atoms with Gasteiger partial charge in [0.2, 0.25) is 5.89 Å². The monoisotopic (exact) mass is 955 g/mol. The molecular weight excluding hydrogens is 915 g/mol. The van der Waals surface area contributed by atoms with Crippen LogP contribution < -0.4 is 0 Å². The molecule has 0 saturated heterocycles. The third-order valence-electron chi connectivity index (χ3n) is 14.7. The fraction of sp³-hybridized carbons (Fsp3) is 0. The van der Waals surface area contributed by atoms with Gasteiger partial charge in [-0.05, 0) is 132 Å². The van der Waals surface area contributed by atoms with Crippen molar-refractivity contribution in [2.24, 2.45) is 0 Å². The van der Waals surface area contributed by atoms with Crippen molar-refractivity contribution >= 4 is 76.0 Å². The predicted octanol–water partition coefficient (Wildman–Crippen LogP) is 18.0. The van der Waals surface area contributed by atoms with Gasteiger partial charge in [0.1, 0.15) is 11.0 Å². The summed E-state index contributed by atoms with van der Waals surface area (Å²) in [5.41, 5.74) is 15.5. The van der Waals surface area contributed by atoms with Crippen LogP contribution in [0.4, 0.5) is 0 Å². The summed E-state index contributed by atoms with van der Waals surface area (Å²) >= 11 is 0. The van der Waals surface area contributed by atoms with Gasteiger partial charge in [-0.3, -0.25) is 9.97 Å². The third-order valence-corrected chi connectivity index (χ3v) is 14.7. The van der Waals surface area contributed by atoms with Crippen LogP contribution in [0.3, 0.4) is 0 Å². The molecule has 0 aliphatic rings. The number of hydrogen-bond acceptors (Lipinski definition) is 6. The van der Waals surface area contributed by atoms with E-state index < -0.39 is 0 Å². The second-order valence-electron chi connectivity index (χ2n) is 19.2. The zero-order chi connectivity index (χ0) is 49.4. The summed E-state index contributed by atoms with van der Waals surface area (Å²) in [6.07, 6.45) is 3.61. The van der Waals surface area contributed by atoms with Crippen molar-refractivity contribution in [2.75, 3.05) is 0 Å². The molecule has 0 fully saturated rings. The summed E-state index contributed by atoms with van der Waals surface area (Å²) in [7, 11) is 0. The Balaban J connectivity index is 1.03. The van der Waals surface area contributed by atoms with Crippen molar-refractivity contribution in [3.05, 3.63) is 249 Å². The van der Waals surface area contributed by atoms with E-state index in [9.17, 15) is 0 Å². The van der Waals surface area contributed by atoms with Gasteiger partial charge in [-0.25, -0.2) is 15.0 Å². The quantitative estimate of drug-likeness (QED) is 0.148. The fourth-order valence-electron chi connectivity index (χ4n) is 11.2.